The summed E-state index contributed by atoms with van der Waals surface area (Å²) in [5.41, 5.74) is 1.24. The largest absolute Gasteiger partial charge is 0.370 e. The monoisotopic (exact) mass is 374 g/mol. The summed E-state index contributed by atoms with van der Waals surface area (Å²) in [7, 11) is 0. The Morgan fingerprint density at radius 1 is 1.15 bits per heavy atom. The minimum atomic E-state index is -0.506. The van der Waals surface area contributed by atoms with Crippen molar-refractivity contribution < 1.29 is 23.7 Å². The van der Waals surface area contributed by atoms with Crippen LogP contribution in [0.3, 0.4) is 0 Å². The third-order valence-electron chi connectivity index (χ3n) is 4.71. The Morgan fingerprint density at radius 3 is 2.37 bits per heavy atom. The zero-order valence-electron chi connectivity index (χ0n) is 14.7. The van der Waals surface area contributed by atoms with Gasteiger partial charge in [-0.05, 0) is 24.3 Å². The maximum absolute atomic E-state index is 13.3. The van der Waals surface area contributed by atoms with Gasteiger partial charge in [-0.15, -0.1) is 0 Å². The number of amides is 1. The molecule has 8 heteroatoms. The van der Waals surface area contributed by atoms with Crippen molar-refractivity contribution in [1.29, 1.82) is 0 Å². The number of non-ortho nitro benzene ring substituents is 1. The molecule has 142 valence electrons. The number of carbonyl (C=O) groups is 1. The average molecular weight is 374 g/mol. The standard InChI is InChI=1S/C19H20FN3O4/c20-16-5-1-14(2-6-16)18(22-9-11-27-12-10-22)13-21-19(24)15-3-7-17(8-4-15)23(25)26/h1-8,18H,9-13H2,(H,21,24)/p+1/t18-/m1/s1. The molecule has 0 saturated carbocycles. The lowest BCUT2D eigenvalue weighted by atomic mass is 10.0. The fourth-order valence-electron chi connectivity index (χ4n) is 3.21. The Labute approximate surface area is 155 Å². The Balaban J connectivity index is 1.70. The molecule has 0 aliphatic carbocycles. The number of nitro groups is 1. The van der Waals surface area contributed by atoms with Crippen LogP contribution in [0, 0.1) is 15.9 Å². The van der Waals surface area contributed by atoms with Crippen LogP contribution < -0.4 is 10.2 Å². The van der Waals surface area contributed by atoms with Crippen molar-refractivity contribution in [3.63, 3.8) is 0 Å². The molecule has 0 spiro atoms. The smallest absolute Gasteiger partial charge is 0.269 e. The zero-order valence-corrected chi connectivity index (χ0v) is 14.7. The maximum Gasteiger partial charge on any atom is 0.269 e. The molecule has 0 bridgehead atoms. The van der Waals surface area contributed by atoms with Crippen molar-refractivity contribution in [2.75, 3.05) is 32.8 Å². The number of quaternary nitrogens is 1. The highest BCUT2D eigenvalue weighted by Gasteiger charge is 2.27. The Kier molecular flexibility index (Phi) is 6.10. The maximum atomic E-state index is 13.3. The first kappa shape index (κ1) is 18.9. The minimum Gasteiger partial charge on any atom is -0.370 e. The lowest BCUT2D eigenvalue weighted by Gasteiger charge is -2.32. The highest BCUT2D eigenvalue weighted by Crippen LogP contribution is 2.13. The summed E-state index contributed by atoms with van der Waals surface area (Å²) in [4.78, 5) is 23.9. The summed E-state index contributed by atoms with van der Waals surface area (Å²) >= 11 is 0. The van der Waals surface area contributed by atoms with Gasteiger partial charge in [0.05, 0.1) is 24.7 Å². The van der Waals surface area contributed by atoms with Crippen molar-refractivity contribution in [3.8, 4) is 0 Å². The molecule has 1 saturated heterocycles. The fourth-order valence-corrected chi connectivity index (χ4v) is 3.21. The van der Waals surface area contributed by atoms with Gasteiger partial charge in [0.1, 0.15) is 24.9 Å². The molecule has 1 amide bonds. The lowest BCUT2D eigenvalue weighted by Crippen LogP contribution is -3.15. The molecule has 2 aromatic rings. The minimum absolute atomic E-state index is 0.0310. The van der Waals surface area contributed by atoms with Gasteiger partial charge in [-0.1, -0.05) is 12.1 Å². The van der Waals surface area contributed by atoms with Gasteiger partial charge < -0.3 is 15.0 Å². The molecular formula is C19H21FN3O4+. The van der Waals surface area contributed by atoms with Crippen molar-refractivity contribution in [2.45, 2.75) is 6.04 Å². The summed E-state index contributed by atoms with van der Waals surface area (Å²) in [5.74, 6) is -0.603. The van der Waals surface area contributed by atoms with E-state index in [-0.39, 0.29) is 23.5 Å². The van der Waals surface area contributed by atoms with E-state index in [1.54, 1.807) is 12.1 Å². The number of nitro benzene ring substituents is 1. The number of halogens is 1. The number of hydrogen-bond donors (Lipinski definition) is 2. The zero-order chi connectivity index (χ0) is 19.2. The highest BCUT2D eigenvalue weighted by atomic mass is 19.1. The van der Waals surface area contributed by atoms with E-state index in [2.05, 4.69) is 5.32 Å². The highest BCUT2D eigenvalue weighted by molar-refractivity contribution is 5.94. The SMILES string of the molecule is O=C(NC[C@H](c1ccc(F)cc1)[NH+]1CCOCC1)c1ccc([N+](=O)[O-])cc1. The molecular weight excluding hydrogens is 353 g/mol. The first-order valence-electron chi connectivity index (χ1n) is 8.75. The van der Waals surface area contributed by atoms with E-state index in [9.17, 15) is 19.3 Å². The van der Waals surface area contributed by atoms with Crippen molar-refractivity contribution in [1.82, 2.24) is 5.32 Å². The molecule has 0 radical (unpaired) electrons. The molecule has 27 heavy (non-hydrogen) atoms. The number of morpholine rings is 1. The van der Waals surface area contributed by atoms with Crippen LogP contribution in [0.5, 0.6) is 0 Å². The summed E-state index contributed by atoms with van der Waals surface area (Å²) in [6, 6.07) is 11.8. The van der Waals surface area contributed by atoms with E-state index >= 15 is 0 Å². The number of carbonyl (C=O) groups excluding carboxylic acids is 1. The molecule has 1 atom stereocenters. The van der Waals surface area contributed by atoms with Crippen LogP contribution in [0.4, 0.5) is 10.1 Å². The number of nitrogens with one attached hydrogen (secondary N) is 2. The Bertz CT molecular complexity index is 790. The first-order chi connectivity index (χ1) is 13.0. The van der Waals surface area contributed by atoms with Gasteiger partial charge in [0.25, 0.3) is 11.6 Å². The normalized spacial score (nSPS) is 15.9. The van der Waals surface area contributed by atoms with Crippen LogP contribution in [0.2, 0.25) is 0 Å². The summed E-state index contributed by atoms with van der Waals surface area (Å²) < 4.78 is 18.7. The Hall–Kier alpha value is -2.84. The van der Waals surface area contributed by atoms with Gasteiger partial charge in [-0.25, -0.2) is 4.39 Å². The molecule has 1 aliphatic rings. The fraction of sp³-hybridized carbons (Fsp3) is 0.316. The van der Waals surface area contributed by atoms with Crippen LogP contribution in [-0.4, -0.2) is 43.7 Å². The van der Waals surface area contributed by atoms with Crippen LogP contribution in [0.1, 0.15) is 22.0 Å². The second kappa shape index (κ2) is 8.70. The molecule has 1 heterocycles. The Morgan fingerprint density at radius 2 is 1.78 bits per heavy atom. The molecule has 1 aliphatic heterocycles. The van der Waals surface area contributed by atoms with Crippen molar-refractivity contribution in [2.24, 2.45) is 0 Å². The van der Waals surface area contributed by atoms with Crippen molar-refractivity contribution >= 4 is 11.6 Å². The van der Waals surface area contributed by atoms with Crippen molar-refractivity contribution in [3.05, 3.63) is 75.6 Å². The predicted octanol–water partition coefficient (Wildman–Crippen LogP) is 1.12. The van der Waals surface area contributed by atoms with Gasteiger partial charge in [-0.2, -0.15) is 0 Å². The lowest BCUT2D eigenvalue weighted by molar-refractivity contribution is -0.937. The second-order valence-electron chi connectivity index (χ2n) is 6.39. The van der Waals surface area contributed by atoms with Crippen LogP contribution in [0.25, 0.3) is 0 Å². The predicted molar refractivity (Wildman–Crippen MR) is 96.1 cm³/mol. The van der Waals surface area contributed by atoms with Gasteiger partial charge >= 0.3 is 0 Å². The molecule has 2 aromatic carbocycles. The van der Waals surface area contributed by atoms with Crippen LogP contribution in [0.15, 0.2) is 48.5 Å². The van der Waals surface area contributed by atoms with Gasteiger partial charge in [0.2, 0.25) is 0 Å². The van der Waals surface area contributed by atoms with Crippen LogP contribution in [-0.2, 0) is 4.74 Å². The van der Waals surface area contributed by atoms with Gasteiger partial charge in [0, 0.05) is 23.3 Å². The summed E-state index contributed by atoms with van der Waals surface area (Å²) in [6.07, 6.45) is 0. The molecule has 3 rings (SSSR count). The molecule has 7 nitrogen and oxygen atoms in total. The van der Waals surface area contributed by atoms with Gasteiger partial charge in [-0.3, -0.25) is 14.9 Å². The average Bonchev–Trinajstić information content (AvgIpc) is 2.70. The molecule has 0 aromatic heterocycles. The molecule has 1 fully saturated rings. The third kappa shape index (κ3) is 4.87. The summed E-state index contributed by atoms with van der Waals surface area (Å²) in [6.45, 7) is 3.26. The van der Waals surface area contributed by atoms with E-state index < -0.39 is 4.92 Å². The number of ether oxygens (including phenoxy) is 1. The second-order valence-corrected chi connectivity index (χ2v) is 6.39. The number of rotatable bonds is 6. The molecule has 2 N–H and O–H groups in total. The topological polar surface area (TPSA) is 85.9 Å². The van der Waals surface area contributed by atoms with Gasteiger partial charge in [0.15, 0.2) is 0 Å². The van der Waals surface area contributed by atoms with E-state index in [1.165, 1.54) is 41.3 Å². The number of nitrogens with zero attached hydrogens (tertiary/aromatic N) is 1. The van der Waals surface area contributed by atoms with E-state index in [1.807, 2.05) is 0 Å². The first-order valence-corrected chi connectivity index (χ1v) is 8.75. The quantitative estimate of drug-likeness (QED) is 0.586. The van der Waals surface area contributed by atoms with E-state index in [0.717, 1.165) is 18.7 Å². The van der Waals surface area contributed by atoms with Crippen LogP contribution >= 0.6 is 0 Å². The number of hydrogen-bond acceptors (Lipinski definition) is 4. The van der Waals surface area contributed by atoms with E-state index in [0.29, 0.717) is 25.3 Å². The molecule has 0 unspecified atom stereocenters. The summed E-state index contributed by atoms with van der Waals surface area (Å²) in [5, 5.41) is 13.6. The third-order valence-corrected chi connectivity index (χ3v) is 4.71. The van der Waals surface area contributed by atoms with E-state index in [4.69, 9.17) is 4.74 Å². The number of benzene rings is 2.